The number of aliphatic carboxylic acids is 1. The summed E-state index contributed by atoms with van der Waals surface area (Å²) >= 11 is 0. The predicted molar refractivity (Wildman–Crippen MR) is 114 cm³/mol. The maximum Gasteiger partial charge on any atom is 0.316 e. The summed E-state index contributed by atoms with van der Waals surface area (Å²) in [5, 5.41) is 12.9. The second kappa shape index (κ2) is 10.6. The highest BCUT2D eigenvalue weighted by atomic mass is 16.5. The summed E-state index contributed by atoms with van der Waals surface area (Å²) in [6, 6.07) is 20.5. The molecule has 3 aromatic carbocycles. The third-order valence-corrected chi connectivity index (χ3v) is 4.44. The second-order valence-corrected chi connectivity index (χ2v) is 6.54. The van der Waals surface area contributed by atoms with Crippen LogP contribution in [0.1, 0.15) is 22.7 Å². The molecule has 0 aliphatic carbocycles. The van der Waals surface area contributed by atoms with Gasteiger partial charge in [0.25, 0.3) is 0 Å². The van der Waals surface area contributed by atoms with Gasteiger partial charge in [0, 0.05) is 4.91 Å². The van der Waals surface area contributed by atoms with Crippen molar-refractivity contribution in [1.82, 2.24) is 0 Å². The zero-order chi connectivity index (χ0) is 22.1. The zero-order valence-corrected chi connectivity index (χ0v) is 16.8. The Kier molecular flexibility index (Phi) is 7.35. The van der Waals surface area contributed by atoms with E-state index in [0.29, 0.717) is 5.75 Å². The number of carboxylic acids is 1. The van der Waals surface area contributed by atoms with Crippen LogP contribution >= 0.6 is 0 Å². The van der Waals surface area contributed by atoms with Gasteiger partial charge in [-0.3, -0.25) is 4.79 Å². The standard InChI is InChI=1S/C23H21N3O5/c1-29-22-19(30-14-16-8-4-2-5-9-16)12-18(21(23(27)28)25-26-24)13-20(22)31-15-17-10-6-3-7-11-17/h2-13,21H,14-15H2,1H3,(H,27,28)/t21-/m1/s1. The van der Waals surface area contributed by atoms with Crippen LogP contribution in [0, 0.1) is 0 Å². The molecule has 8 heteroatoms. The minimum Gasteiger partial charge on any atom is -0.490 e. The molecule has 0 saturated heterocycles. The molecular formula is C23H21N3O5. The van der Waals surface area contributed by atoms with Crippen molar-refractivity contribution < 1.29 is 24.1 Å². The number of nitrogens with zero attached hydrogens (tertiary/aromatic N) is 3. The van der Waals surface area contributed by atoms with E-state index in [1.165, 1.54) is 19.2 Å². The van der Waals surface area contributed by atoms with Crippen molar-refractivity contribution in [2.75, 3.05) is 7.11 Å². The fourth-order valence-corrected chi connectivity index (χ4v) is 2.95. The second-order valence-electron chi connectivity index (χ2n) is 6.54. The Morgan fingerprint density at radius 3 is 1.84 bits per heavy atom. The summed E-state index contributed by atoms with van der Waals surface area (Å²) in [5.74, 6) is -0.399. The maximum absolute atomic E-state index is 11.6. The SMILES string of the molecule is COc1c(OCc2ccccc2)cc([C@@H](N=[N+]=[N-])C(=O)O)cc1OCc1ccccc1. The van der Waals surface area contributed by atoms with Crippen LogP contribution in [0.2, 0.25) is 0 Å². The third-order valence-electron chi connectivity index (χ3n) is 4.44. The average molecular weight is 419 g/mol. The summed E-state index contributed by atoms with van der Waals surface area (Å²) < 4.78 is 17.4. The van der Waals surface area contributed by atoms with Crippen LogP contribution in [0.4, 0.5) is 0 Å². The van der Waals surface area contributed by atoms with E-state index in [1.807, 2.05) is 60.7 Å². The largest absolute Gasteiger partial charge is 0.490 e. The first kappa shape index (κ1) is 21.5. The Labute approximate surface area is 179 Å². The Morgan fingerprint density at radius 2 is 1.45 bits per heavy atom. The first-order chi connectivity index (χ1) is 15.1. The minimum atomic E-state index is -1.44. The number of rotatable bonds is 10. The smallest absolute Gasteiger partial charge is 0.316 e. The first-order valence-corrected chi connectivity index (χ1v) is 9.44. The molecule has 31 heavy (non-hydrogen) atoms. The van der Waals surface area contributed by atoms with Crippen LogP contribution in [-0.2, 0) is 18.0 Å². The Bertz CT molecular complexity index is 1000. The molecule has 1 atom stereocenters. The summed E-state index contributed by atoms with van der Waals surface area (Å²) in [7, 11) is 1.47. The summed E-state index contributed by atoms with van der Waals surface area (Å²) in [6.45, 7) is 0.468. The van der Waals surface area contributed by atoms with Gasteiger partial charge in [-0.25, -0.2) is 0 Å². The highest BCUT2D eigenvalue weighted by molar-refractivity contribution is 5.76. The van der Waals surface area contributed by atoms with Crippen molar-refractivity contribution in [3.8, 4) is 17.2 Å². The van der Waals surface area contributed by atoms with E-state index in [1.54, 1.807) is 0 Å². The van der Waals surface area contributed by atoms with E-state index in [-0.39, 0.29) is 30.3 Å². The third kappa shape index (κ3) is 5.68. The molecule has 0 radical (unpaired) electrons. The molecular weight excluding hydrogens is 398 g/mol. The van der Waals surface area contributed by atoms with Gasteiger partial charge in [-0.2, -0.15) is 0 Å². The molecule has 0 aromatic heterocycles. The van der Waals surface area contributed by atoms with Gasteiger partial charge in [-0.15, -0.1) is 0 Å². The quantitative estimate of drug-likeness (QED) is 0.272. The van der Waals surface area contributed by atoms with Crippen molar-refractivity contribution >= 4 is 5.97 Å². The number of methoxy groups -OCH3 is 1. The van der Waals surface area contributed by atoms with Gasteiger partial charge >= 0.3 is 5.97 Å². The van der Waals surface area contributed by atoms with Crippen molar-refractivity contribution in [3.63, 3.8) is 0 Å². The summed E-state index contributed by atoms with van der Waals surface area (Å²) in [5.41, 5.74) is 10.9. The number of benzene rings is 3. The summed E-state index contributed by atoms with van der Waals surface area (Å²) in [4.78, 5) is 14.3. The van der Waals surface area contributed by atoms with Crippen molar-refractivity contribution in [3.05, 3.63) is 99.9 Å². The molecule has 0 unspecified atom stereocenters. The molecule has 8 nitrogen and oxygen atoms in total. The van der Waals surface area contributed by atoms with Crippen LogP contribution in [0.3, 0.4) is 0 Å². The lowest BCUT2D eigenvalue weighted by Gasteiger charge is -2.18. The molecule has 3 aromatic rings. The molecule has 0 aliphatic heterocycles. The van der Waals surface area contributed by atoms with Gasteiger partial charge in [-0.05, 0) is 34.4 Å². The van der Waals surface area contributed by atoms with Gasteiger partial charge in [0.15, 0.2) is 17.5 Å². The number of carbonyl (C=O) groups is 1. The zero-order valence-electron chi connectivity index (χ0n) is 16.8. The van der Waals surface area contributed by atoms with Crippen LogP contribution in [-0.4, -0.2) is 18.2 Å². The Morgan fingerprint density at radius 1 is 0.968 bits per heavy atom. The van der Waals surface area contributed by atoms with Crippen molar-refractivity contribution in [2.24, 2.45) is 5.11 Å². The highest BCUT2D eigenvalue weighted by Crippen LogP contribution is 2.41. The molecule has 0 bridgehead atoms. The monoisotopic (exact) mass is 419 g/mol. The maximum atomic E-state index is 11.6. The molecule has 1 N–H and O–H groups in total. The fraction of sp³-hybridized carbons (Fsp3) is 0.174. The molecule has 0 spiro atoms. The molecule has 0 heterocycles. The van der Waals surface area contributed by atoms with Gasteiger partial charge in [0.1, 0.15) is 13.2 Å². The number of azide groups is 1. The predicted octanol–water partition coefficient (Wildman–Crippen LogP) is 5.29. The number of carboxylic acid groups (broad SMARTS) is 1. The van der Waals surface area contributed by atoms with E-state index < -0.39 is 12.0 Å². The van der Waals surface area contributed by atoms with Crippen LogP contribution in [0.25, 0.3) is 10.4 Å². The van der Waals surface area contributed by atoms with Crippen LogP contribution in [0.5, 0.6) is 17.2 Å². The Hall–Kier alpha value is -4.16. The van der Waals surface area contributed by atoms with Gasteiger partial charge in [0.2, 0.25) is 5.75 Å². The molecule has 158 valence electrons. The van der Waals surface area contributed by atoms with E-state index >= 15 is 0 Å². The van der Waals surface area contributed by atoms with Crippen molar-refractivity contribution in [1.29, 1.82) is 0 Å². The molecule has 0 amide bonds. The minimum absolute atomic E-state index is 0.220. The topological polar surface area (TPSA) is 114 Å². The van der Waals surface area contributed by atoms with Crippen molar-refractivity contribution in [2.45, 2.75) is 19.3 Å². The van der Waals surface area contributed by atoms with E-state index in [0.717, 1.165) is 11.1 Å². The Balaban J connectivity index is 1.98. The van der Waals surface area contributed by atoms with E-state index in [2.05, 4.69) is 10.0 Å². The molecule has 0 saturated carbocycles. The molecule has 0 fully saturated rings. The number of hydrogen-bond acceptors (Lipinski definition) is 5. The summed E-state index contributed by atoms with van der Waals surface area (Å²) in [6.07, 6.45) is 0. The number of hydrogen-bond donors (Lipinski definition) is 1. The lowest BCUT2D eigenvalue weighted by atomic mass is 10.1. The lowest BCUT2D eigenvalue weighted by Crippen LogP contribution is -2.10. The fourth-order valence-electron chi connectivity index (χ4n) is 2.95. The lowest BCUT2D eigenvalue weighted by molar-refractivity contribution is -0.138. The molecule has 3 rings (SSSR count). The average Bonchev–Trinajstić information content (AvgIpc) is 2.80. The molecule has 0 aliphatic rings. The van der Waals surface area contributed by atoms with Gasteiger partial charge in [-0.1, -0.05) is 65.8 Å². The normalized spacial score (nSPS) is 11.1. The highest BCUT2D eigenvalue weighted by Gasteiger charge is 2.24. The van der Waals surface area contributed by atoms with Gasteiger partial charge < -0.3 is 19.3 Å². The van der Waals surface area contributed by atoms with Gasteiger partial charge in [0.05, 0.1) is 7.11 Å². The van der Waals surface area contributed by atoms with Crippen LogP contribution < -0.4 is 14.2 Å². The van der Waals surface area contributed by atoms with Crippen LogP contribution in [0.15, 0.2) is 77.9 Å². The van der Waals surface area contributed by atoms with E-state index in [4.69, 9.17) is 19.7 Å². The van der Waals surface area contributed by atoms with E-state index in [9.17, 15) is 9.90 Å². The first-order valence-electron chi connectivity index (χ1n) is 9.44. The number of ether oxygens (including phenoxy) is 3.